The average Bonchev–Trinajstić information content (AvgIpc) is 2.78. The monoisotopic (exact) mass is 279 g/mol. The van der Waals surface area contributed by atoms with E-state index in [2.05, 4.69) is 5.10 Å². The number of ether oxygens (including phenoxy) is 1. The predicted octanol–water partition coefficient (Wildman–Crippen LogP) is 2.48. The third-order valence-electron chi connectivity index (χ3n) is 3.01. The Morgan fingerprint density at radius 1 is 1.32 bits per heavy atom. The molecule has 0 amide bonds. The molecule has 19 heavy (non-hydrogen) atoms. The summed E-state index contributed by atoms with van der Waals surface area (Å²) in [7, 11) is 1.66. The quantitative estimate of drug-likeness (QED) is 0.884. The molecule has 102 valence electrons. The number of methoxy groups -OCH3 is 1. The van der Waals surface area contributed by atoms with Crippen molar-refractivity contribution in [3.05, 3.63) is 46.7 Å². The van der Waals surface area contributed by atoms with Crippen molar-refractivity contribution in [3.8, 4) is 5.75 Å². The lowest BCUT2D eigenvalue weighted by Crippen LogP contribution is -2.04. The van der Waals surface area contributed by atoms with Crippen molar-refractivity contribution in [2.75, 3.05) is 13.7 Å². The molecule has 0 saturated carbocycles. The Bertz CT molecular complexity index is 539. The van der Waals surface area contributed by atoms with E-state index in [9.17, 15) is 0 Å². The SMILES string of the molecule is COc1ccccc1Cn1ncc(CCCN)c1Cl. The van der Waals surface area contributed by atoms with Crippen LogP contribution in [0.5, 0.6) is 5.75 Å². The van der Waals surface area contributed by atoms with Crippen molar-refractivity contribution in [1.82, 2.24) is 9.78 Å². The molecule has 1 heterocycles. The summed E-state index contributed by atoms with van der Waals surface area (Å²) in [6.45, 7) is 1.26. The Labute approximate surface area is 118 Å². The van der Waals surface area contributed by atoms with Gasteiger partial charge in [0.05, 0.1) is 19.9 Å². The zero-order valence-electron chi connectivity index (χ0n) is 11.0. The Kier molecular flexibility index (Phi) is 4.82. The van der Waals surface area contributed by atoms with Gasteiger partial charge in [0.1, 0.15) is 10.9 Å². The summed E-state index contributed by atoms with van der Waals surface area (Å²) in [5, 5.41) is 5.01. The molecule has 1 aromatic heterocycles. The number of halogens is 1. The maximum Gasteiger partial charge on any atom is 0.130 e. The molecule has 0 aliphatic rings. The molecule has 5 heteroatoms. The first-order valence-electron chi connectivity index (χ1n) is 6.28. The molecule has 1 aromatic carbocycles. The van der Waals surface area contributed by atoms with Crippen LogP contribution in [0.4, 0.5) is 0 Å². The number of aromatic nitrogens is 2. The highest BCUT2D eigenvalue weighted by atomic mass is 35.5. The van der Waals surface area contributed by atoms with Gasteiger partial charge < -0.3 is 10.5 Å². The topological polar surface area (TPSA) is 53.1 Å². The molecule has 2 N–H and O–H groups in total. The lowest BCUT2D eigenvalue weighted by Gasteiger charge is -2.09. The molecule has 0 saturated heterocycles. The average molecular weight is 280 g/mol. The first-order valence-corrected chi connectivity index (χ1v) is 6.66. The molecule has 0 atom stereocenters. The fourth-order valence-corrected chi connectivity index (χ4v) is 2.22. The van der Waals surface area contributed by atoms with Crippen LogP contribution >= 0.6 is 11.6 Å². The van der Waals surface area contributed by atoms with E-state index < -0.39 is 0 Å². The van der Waals surface area contributed by atoms with Crippen LogP contribution < -0.4 is 10.5 Å². The third-order valence-corrected chi connectivity index (χ3v) is 3.45. The van der Waals surface area contributed by atoms with Crippen LogP contribution in [0.1, 0.15) is 17.5 Å². The fraction of sp³-hybridized carbons (Fsp3) is 0.357. The highest BCUT2D eigenvalue weighted by Gasteiger charge is 2.10. The van der Waals surface area contributed by atoms with Gasteiger partial charge >= 0.3 is 0 Å². The van der Waals surface area contributed by atoms with E-state index in [0.717, 1.165) is 29.7 Å². The summed E-state index contributed by atoms with van der Waals surface area (Å²) in [5.41, 5.74) is 7.61. The number of aryl methyl sites for hydroxylation is 1. The normalized spacial score (nSPS) is 10.7. The summed E-state index contributed by atoms with van der Waals surface area (Å²) >= 11 is 6.32. The van der Waals surface area contributed by atoms with E-state index in [-0.39, 0.29) is 0 Å². The third kappa shape index (κ3) is 3.28. The number of rotatable bonds is 6. The van der Waals surface area contributed by atoms with Crippen LogP contribution in [0.3, 0.4) is 0 Å². The lowest BCUT2D eigenvalue weighted by atomic mass is 10.2. The number of hydrogen-bond donors (Lipinski definition) is 1. The van der Waals surface area contributed by atoms with Crippen LogP contribution in [-0.4, -0.2) is 23.4 Å². The molecule has 0 radical (unpaired) electrons. The number of para-hydroxylation sites is 1. The van der Waals surface area contributed by atoms with E-state index in [1.807, 2.05) is 30.5 Å². The maximum absolute atomic E-state index is 6.32. The van der Waals surface area contributed by atoms with Gasteiger partial charge in [-0.25, -0.2) is 4.68 Å². The van der Waals surface area contributed by atoms with Crippen LogP contribution in [0.15, 0.2) is 30.5 Å². The number of hydrogen-bond acceptors (Lipinski definition) is 3. The molecule has 0 unspecified atom stereocenters. The molecule has 0 aliphatic carbocycles. The van der Waals surface area contributed by atoms with Crippen LogP contribution in [0.2, 0.25) is 5.15 Å². The van der Waals surface area contributed by atoms with Gasteiger partial charge in [0.2, 0.25) is 0 Å². The van der Waals surface area contributed by atoms with Gasteiger partial charge in [0.15, 0.2) is 0 Å². The number of benzene rings is 1. The van der Waals surface area contributed by atoms with Gasteiger partial charge in [-0.3, -0.25) is 0 Å². The second-order valence-electron chi connectivity index (χ2n) is 4.32. The minimum atomic E-state index is 0.603. The van der Waals surface area contributed by atoms with Crippen molar-refractivity contribution in [1.29, 1.82) is 0 Å². The van der Waals surface area contributed by atoms with Crippen molar-refractivity contribution in [2.45, 2.75) is 19.4 Å². The Balaban J connectivity index is 2.17. The largest absolute Gasteiger partial charge is 0.496 e. The molecule has 4 nitrogen and oxygen atoms in total. The van der Waals surface area contributed by atoms with Gasteiger partial charge in [-0.1, -0.05) is 29.8 Å². The van der Waals surface area contributed by atoms with E-state index in [1.54, 1.807) is 11.8 Å². The second-order valence-corrected chi connectivity index (χ2v) is 4.68. The molecule has 0 spiro atoms. The van der Waals surface area contributed by atoms with Crippen molar-refractivity contribution in [2.24, 2.45) is 5.73 Å². The molecular formula is C14H18ClN3O. The molecular weight excluding hydrogens is 262 g/mol. The van der Waals surface area contributed by atoms with Crippen molar-refractivity contribution < 1.29 is 4.74 Å². The summed E-state index contributed by atoms with van der Waals surface area (Å²) in [5.74, 6) is 0.845. The summed E-state index contributed by atoms with van der Waals surface area (Å²) in [4.78, 5) is 0. The molecule has 2 aromatic rings. The number of nitrogens with two attached hydrogens (primary N) is 1. The lowest BCUT2D eigenvalue weighted by molar-refractivity contribution is 0.407. The highest BCUT2D eigenvalue weighted by Crippen LogP contribution is 2.22. The summed E-state index contributed by atoms with van der Waals surface area (Å²) in [6, 6.07) is 7.86. The van der Waals surface area contributed by atoms with Gasteiger partial charge in [0, 0.05) is 11.1 Å². The zero-order valence-corrected chi connectivity index (χ0v) is 11.7. The molecule has 0 fully saturated rings. The van der Waals surface area contributed by atoms with E-state index in [1.165, 1.54) is 0 Å². The fourth-order valence-electron chi connectivity index (χ4n) is 1.97. The Morgan fingerprint density at radius 2 is 2.11 bits per heavy atom. The van der Waals surface area contributed by atoms with Gasteiger partial charge in [-0.15, -0.1) is 0 Å². The molecule has 0 bridgehead atoms. The standard InChI is InChI=1S/C14H18ClN3O/c1-19-13-7-3-2-5-12(13)10-18-14(15)11(9-17-18)6-4-8-16/h2-3,5,7,9H,4,6,8,10,16H2,1H3. The minimum Gasteiger partial charge on any atom is -0.496 e. The zero-order chi connectivity index (χ0) is 13.7. The maximum atomic E-state index is 6.32. The molecule has 0 aliphatic heterocycles. The van der Waals surface area contributed by atoms with E-state index >= 15 is 0 Å². The van der Waals surface area contributed by atoms with Crippen molar-refractivity contribution in [3.63, 3.8) is 0 Å². The first kappa shape index (κ1) is 13.9. The number of nitrogens with zero attached hydrogens (tertiary/aromatic N) is 2. The first-order chi connectivity index (χ1) is 9.26. The van der Waals surface area contributed by atoms with E-state index in [4.69, 9.17) is 22.1 Å². The van der Waals surface area contributed by atoms with E-state index in [0.29, 0.717) is 18.2 Å². The minimum absolute atomic E-state index is 0.603. The Hall–Kier alpha value is -1.52. The van der Waals surface area contributed by atoms with Crippen LogP contribution in [-0.2, 0) is 13.0 Å². The summed E-state index contributed by atoms with van der Waals surface area (Å²) < 4.78 is 7.11. The molecule has 2 rings (SSSR count). The highest BCUT2D eigenvalue weighted by molar-refractivity contribution is 6.30. The van der Waals surface area contributed by atoms with Crippen LogP contribution in [0, 0.1) is 0 Å². The predicted molar refractivity (Wildman–Crippen MR) is 76.7 cm³/mol. The smallest absolute Gasteiger partial charge is 0.130 e. The van der Waals surface area contributed by atoms with Gasteiger partial charge in [0.25, 0.3) is 0 Å². The van der Waals surface area contributed by atoms with Crippen LogP contribution in [0.25, 0.3) is 0 Å². The Morgan fingerprint density at radius 3 is 2.84 bits per heavy atom. The van der Waals surface area contributed by atoms with Gasteiger partial charge in [-0.05, 0) is 25.5 Å². The van der Waals surface area contributed by atoms with Crippen molar-refractivity contribution >= 4 is 11.6 Å². The summed E-state index contributed by atoms with van der Waals surface area (Å²) in [6.07, 6.45) is 3.59. The second kappa shape index (κ2) is 6.59. The van der Waals surface area contributed by atoms with Gasteiger partial charge in [-0.2, -0.15) is 5.10 Å².